The molecule has 8 heteroatoms. The molecule has 0 saturated carbocycles. The van der Waals surface area contributed by atoms with Crippen molar-refractivity contribution in [1.82, 2.24) is 0 Å². The van der Waals surface area contributed by atoms with Gasteiger partial charge in [-0.05, 0) is 0 Å². The average molecular weight is 1060 g/mol. The average Bonchev–Trinajstić information content (AvgIpc) is 1.86. The summed E-state index contributed by atoms with van der Waals surface area (Å²) in [6.45, 7) is 0. The van der Waals surface area contributed by atoms with E-state index in [1.54, 1.807) is 0 Å². The van der Waals surface area contributed by atoms with Crippen LogP contribution in [0.3, 0.4) is 0 Å². The molecule has 0 unspecified atom stereocenters. The molecule has 72 valence electrons. The van der Waals surface area contributed by atoms with Gasteiger partial charge in [0.1, 0.15) is 6.72 Å². The van der Waals surface area contributed by atoms with Crippen LogP contribution in [0.15, 0.2) is 0 Å². The van der Waals surface area contributed by atoms with Crippen LogP contribution in [0.2, 0.25) is 0 Å². The topological polar surface area (TPSA) is 0 Å². The molecule has 0 amide bonds. The fraction of sp³-hybridized carbons (Fsp3) is 0.500. The van der Waals surface area contributed by atoms with Crippen molar-refractivity contribution in [3.05, 3.63) is 3.86 Å². The first-order valence-corrected chi connectivity index (χ1v) is 10.9. The smallest absolute Gasteiger partial charge is 0.0623 e. The van der Waals surface area contributed by atoms with E-state index in [1.165, 1.54) is 3.86 Å². The minimum absolute atomic E-state index is 0.169. The van der Waals surface area contributed by atoms with Gasteiger partial charge in [-0.3, -0.25) is 0 Å². The second-order valence-electron chi connectivity index (χ2n) is 1.67. The molecule has 0 bridgehead atoms. The van der Waals surface area contributed by atoms with Gasteiger partial charge in [0.05, 0.1) is 0 Å². The number of hydrogen-bond acceptors (Lipinski definition) is 0. The van der Waals surface area contributed by atoms with Gasteiger partial charge in [-0.15, -0.1) is 0 Å². The van der Waals surface area contributed by atoms with Crippen molar-refractivity contribution in [2.24, 2.45) is 0 Å². The normalized spacial score (nSPS) is 14.5. The predicted octanol–water partition coefficient (Wildman–Crippen LogP) is 6.84. The Bertz CT molecular complexity index is 131. The molecule has 0 spiro atoms. The highest BCUT2D eigenvalue weighted by molar-refractivity contribution is 14.2. The highest BCUT2D eigenvalue weighted by atomic mass is 127. The second-order valence-corrected chi connectivity index (χ2v) is 20.7. The molecule has 0 aliphatic rings. The Labute approximate surface area is 182 Å². The van der Waals surface area contributed by atoms with Crippen LogP contribution >= 0.6 is 181 Å². The summed E-state index contributed by atoms with van der Waals surface area (Å²) in [7, 11) is 0. The Balaban J connectivity index is 4.75. The molecule has 0 saturated heterocycles. The Morgan fingerprint density at radius 3 is 0.833 bits per heavy atom. The Morgan fingerprint density at radius 1 is 0.583 bits per heavy atom. The van der Waals surface area contributed by atoms with Gasteiger partial charge in [-0.2, -0.15) is 0 Å². The standard InChI is InChI=1S/C4I8/c5-1(6)3(9,10)4(11,12)2(7)8. The second kappa shape index (κ2) is 7.43. The number of rotatable bonds is 3. The third kappa shape index (κ3) is 4.84. The molecule has 0 aromatic carbocycles. The zero-order valence-corrected chi connectivity index (χ0v) is 22.3. The minimum atomic E-state index is 0.169. The highest BCUT2D eigenvalue weighted by Gasteiger charge is 2.52. The number of halogens is 8. The van der Waals surface area contributed by atoms with Crippen molar-refractivity contribution >= 4 is 181 Å². The summed E-state index contributed by atoms with van der Waals surface area (Å²) in [6, 6.07) is 0. The van der Waals surface area contributed by atoms with Gasteiger partial charge >= 0.3 is 0 Å². The van der Waals surface area contributed by atoms with Gasteiger partial charge in [0.2, 0.25) is 0 Å². The highest BCUT2D eigenvalue weighted by Crippen LogP contribution is 2.65. The van der Waals surface area contributed by atoms with Crippen molar-refractivity contribution < 1.29 is 0 Å². The lowest BCUT2D eigenvalue weighted by Gasteiger charge is -2.36. The molecule has 0 heterocycles. The fourth-order valence-corrected chi connectivity index (χ4v) is 7.06. The van der Waals surface area contributed by atoms with Crippen LogP contribution < -0.4 is 0 Å². The summed E-state index contributed by atoms with van der Waals surface area (Å²) >= 11 is 19.7. The first-order chi connectivity index (χ1) is 5.14. The third-order valence-corrected chi connectivity index (χ3v) is 21.9. The largest absolute Gasteiger partial charge is 0.125 e. The van der Waals surface area contributed by atoms with E-state index in [0.717, 1.165) is 0 Å². The molecule has 0 rings (SSSR count). The van der Waals surface area contributed by atoms with Crippen LogP contribution in [0.25, 0.3) is 0 Å². The molecule has 12 heavy (non-hydrogen) atoms. The summed E-state index contributed by atoms with van der Waals surface area (Å²) in [5, 5.41) is 0. The van der Waals surface area contributed by atoms with Crippen molar-refractivity contribution in [1.29, 1.82) is 0 Å². The van der Waals surface area contributed by atoms with Gasteiger partial charge in [-0.25, -0.2) is 0 Å². The SMILES string of the molecule is I[C](I)C(I)(I)C(I)(I)[C](I)I. The van der Waals surface area contributed by atoms with E-state index >= 15 is 0 Å². The van der Waals surface area contributed by atoms with Gasteiger partial charge < -0.3 is 0 Å². The third-order valence-electron chi connectivity index (χ3n) is 0.869. The van der Waals surface area contributed by atoms with E-state index in [-0.39, 0.29) is 2.86 Å². The van der Waals surface area contributed by atoms with E-state index < -0.39 is 0 Å². The quantitative estimate of drug-likeness (QED) is 0.215. The van der Waals surface area contributed by atoms with Gasteiger partial charge in [0.25, 0.3) is 0 Å². The maximum absolute atomic E-state index is 2.51. The van der Waals surface area contributed by atoms with Crippen molar-refractivity contribution in [2.45, 2.75) is 2.86 Å². The van der Waals surface area contributed by atoms with Crippen LogP contribution in [0.4, 0.5) is 0 Å². The summed E-state index contributed by atoms with van der Waals surface area (Å²) in [5.41, 5.74) is 0. The van der Waals surface area contributed by atoms with E-state index in [9.17, 15) is 0 Å². The van der Waals surface area contributed by atoms with Crippen molar-refractivity contribution in [3.8, 4) is 0 Å². The summed E-state index contributed by atoms with van der Waals surface area (Å²) < 4.78 is 3.13. The van der Waals surface area contributed by atoms with Gasteiger partial charge in [0, 0.05) is 0 Å². The lowest BCUT2D eigenvalue weighted by atomic mass is 10.4. The summed E-state index contributed by atoms with van der Waals surface area (Å²) in [6.07, 6.45) is 0. The Hall–Kier alpha value is 5.84. The lowest BCUT2D eigenvalue weighted by molar-refractivity contribution is 1.08. The van der Waals surface area contributed by atoms with E-state index in [4.69, 9.17) is 0 Å². The first-order valence-electron chi connectivity index (χ1n) is 2.26. The molecular formula is C4I8. The summed E-state index contributed by atoms with van der Waals surface area (Å²) in [5.74, 6) is 0. The molecule has 0 aliphatic heterocycles. The lowest BCUT2D eigenvalue weighted by Crippen LogP contribution is -2.36. The fourth-order valence-electron chi connectivity index (χ4n) is 0.237. The molecule has 2 radical (unpaired) electrons. The molecule has 0 fully saturated rings. The maximum Gasteiger partial charge on any atom is 0.125 e. The van der Waals surface area contributed by atoms with Crippen LogP contribution in [0.1, 0.15) is 0 Å². The van der Waals surface area contributed by atoms with E-state index in [0.29, 0.717) is 0 Å². The van der Waals surface area contributed by atoms with E-state index in [1.807, 2.05) is 0 Å². The van der Waals surface area contributed by atoms with Crippen molar-refractivity contribution in [3.63, 3.8) is 0 Å². The predicted molar refractivity (Wildman–Crippen MR) is 124 cm³/mol. The van der Waals surface area contributed by atoms with Crippen molar-refractivity contribution in [2.75, 3.05) is 0 Å². The molecule has 0 aromatic rings. The molecular weight excluding hydrogens is 1060 g/mol. The van der Waals surface area contributed by atoms with Crippen LogP contribution in [0, 0.1) is 3.86 Å². The van der Waals surface area contributed by atoms with Crippen LogP contribution in [-0.2, 0) is 0 Å². The van der Waals surface area contributed by atoms with Crippen LogP contribution in [0.5, 0.6) is 0 Å². The summed E-state index contributed by atoms with van der Waals surface area (Å²) in [4.78, 5) is 0. The number of alkyl halides is 4. The monoisotopic (exact) mass is 1060 g/mol. The Kier molecular flexibility index (Phi) is 11.1. The van der Waals surface area contributed by atoms with Crippen LogP contribution in [-0.4, -0.2) is 2.86 Å². The Morgan fingerprint density at radius 2 is 0.750 bits per heavy atom. The minimum Gasteiger partial charge on any atom is -0.0623 e. The molecule has 0 aliphatic carbocycles. The zero-order chi connectivity index (χ0) is 10.2. The molecule has 0 N–H and O–H groups in total. The zero-order valence-electron chi connectivity index (χ0n) is 5.02. The van der Waals surface area contributed by atoms with Gasteiger partial charge in [0.15, 0.2) is 0 Å². The number of hydrogen-bond donors (Lipinski definition) is 0. The van der Waals surface area contributed by atoms with Gasteiger partial charge in [-0.1, -0.05) is 181 Å². The molecule has 0 nitrogen and oxygen atoms in total. The maximum atomic E-state index is 2.51. The molecule has 0 atom stereocenters. The van der Waals surface area contributed by atoms with E-state index in [2.05, 4.69) is 181 Å². The first kappa shape index (κ1) is 17.8. The molecule has 0 aromatic heterocycles.